The average molecular weight is 420 g/mol. The Kier molecular flexibility index (Phi) is 6.60. The van der Waals surface area contributed by atoms with E-state index in [1.54, 1.807) is 11.3 Å². The lowest BCUT2D eigenvalue weighted by Gasteiger charge is -2.31. The van der Waals surface area contributed by atoms with Gasteiger partial charge in [-0.1, -0.05) is 56.3 Å². The van der Waals surface area contributed by atoms with Gasteiger partial charge in [0.2, 0.25) is 5.91 Å². The first-order chi connectivity index (χ1) is 14.6. The van der Waals surface area contributed by atoms with E-state index in [2.05, 4.69) is 58.1 Å². The lowest BCUT2D eigenvalue weighted by Crippen LogP contribution is -2.32. The van der Waals surface area contributed by atoms with Gasteiger partial charge >= 0.3 is 0 Å². The van der Waals surface area contributed by atoms with E-state index in [4.69, 9.17) is 4.98 Å². The van der Waals surface area contributed by atoms with Crippen molar-refractivity contribution < 1.29 is 4.79 Å². The van der Waals surface area contributed by atoms with E-state index >= 15 is 0 Å². The number of carbonyl (C=O) groups is 1. The van der Waals surface area contributed by atoms with Crippen LogP contribution in [0.15, 0.2) is 60.0 Å². The number of rotatable bonds is 6. The molecule has 1 aliphatic heterocycles. The molecule has 1 saturated heterocycles. The number of amides is 1. The molecule has 5 heteroatoms. The smallest absolute Gasteiger partial charge is 0.226 e. The normalized spacial score (nSPS) is 15.4. The first-order valence-corrected chi connectivity index (χ1v) is 11.6. The second-order valence-electron chi connectivity index (χ2n) is 8.33. The van der Waals surface area contributed by atoms with Crippen LogP contribution in [0.4, 0.5) is 5.69 Å². The van der Waals surface area contributed by atoms with Gasteiger partial charge in [-0.05, 0) is 49.5 Å². The van der Waals surface area contributed by atoms with Crippen molar-refractivity contribution in [2.45, 2.75) is 39.2 Å². The van der Waals surface area contributed by atoms with E-state index in [9.17, 15) is 4.79 Å². The predicted octanol–water partition coefficient (Wildman–Crippen LogP) is 5.78. The summed E-state index contributed by atoms with van der Waals surface area (Å²) in [7, 11) is 0. The molecule has 3 aromatic rings. The molecule has 0 saturated carbocycles. The van der Waals surface area contributed by atoms with Gasteiger partial charge in [0.15, 0.2) is 0 Å². The molecule has 0 atom stereocenters. The highest BCUT2D eigenvalue weighted by Gasteiger charge is 2.22. The number of hydrogen-bond acceptors (Lipinski definition) is 4. The van der Waals surface area contributed by atoms with Crippen LogP contribution in [0.1, 0.15) is 43.9 Å². The SMILES string of the molecule is CC(C)C(=O)Nc1cccc(C2CCN(Cc3csc(-c4ccccc4)n3)CC2)c1. The van der Waals surface area contributed by atoms with Gasteiger partial charge in [0.05, 0.1) is 5.69 Å². The molecule has 1 aliphatic rings. The number of likely N-dealkylation sites (tertiary alicyclic amines) is 1. The third kappa shape index (κ3) is 5.15. The van der Waals surface area contributed by atoms with Crippen molar-refractivity contribution in [1.82, 2.24) is 9.88 Å². The molecular weight excluding hydrogens is 390 g/mol. The summed E-state index contributed by atoms with van der Waals surface area (Å²) >= 11 is 1.72. The molecule has 1 fully saturated rings. The summed E-state index contributed by atoms with van der Waals surface area (Å²) in [5.41, 5.74) is 4.59. The quantitative estimate of drug-likeness (QED) is 0.550. The molecule has 0 bridgehead atoms. The van der Waals surface area contributed by atoms with Crippen LogP contribution >= 0.6 is 11.3 Å². The minimum Gasteiger partial charge on any atom is -0.326 e. The van der Waals surface area contributed by atoms with Gasteiger partial charge in [-0.2, -0.15) is 0 Å². The highest BCUT2D eigenvalue weighted by molar-refractivity contribution is 7.13. The maximum Gasteiger partial charge on any atom is 0.226 e. The zero-order chi connectivity index (χ0) is 20.9. The molecule has 0 spiro atoms. The Morgan fingerprint density at radius 3 is 2.63 bits per heavy atom. The molecule has 156 valence electrons. The van der Waals surface area contributed by atoms with Crippen LogP contribution in [-0.2, 0) is 11.3 Å². The number of aromatic nitrogens is 1. The van der Waals surface area contributed by atoms with E-state index in [1.807, 2.05) is 26.0 Å². The first-order valence-electron chi connectivity index (χ1n) is 10.7. The number of thiazole rings is 1. The number of carbonyl (C=O) groups excluding carboxylic acids is 1. The summed E-state index contributed by atoms with van der Waals surface area (Å²) < 4.78 is 0. The van der Waals surface area contributed by atoms with Crippen molar-refractivity contribution in [3.05, 3.63) is 71.2 Å². The number of nitrogens with zero attached hydrogens (tertiary/aromatic N) is 2. The number of anilines is 1. The Morgan fingerprint density at radius 1 is 1.13 bits per heavy atom. The van der Waals surface area contributed by atoms with Crippen LogP contribution in [0, 0.1) is 5.92 Å². The van der Waals surface area contributed by atoms with Gasteiger partial charge < -0.3 is 5.32 Å². The summed E-state index contributed by atoms with van der Waals surface area (Å²) in [4.78, 5) is 19.3. The molecule has 2 aromatic carbocycles. The van der Waals surface area contributed by atoms with Crippen LogP contribution in [0.25, 0.3) is 10.6 Å². The minimum atomic E-state index is -0.00924. The topological polar surface area (TPSA) is 45.2 Å². The number of piperidine rings is 1. The Labute approximate surface area is 183 Å². The maximum atomic E-state index is 12.0. The zero-order valence-electron chi connectivity index (χ0n) is 17.7. The highest BCUT2D eigenvalue weighted by Crippen LogP contribution is 2.31. The number of benzene rings is 2. The Morgan fingerprint density at radius 2 is 1.90 bits per heavy atom. The van der Waals surface area contributed by atoms with Crippen LogP contribution in [0.5, 0.6) is 0 Å². The molecule has 0 aliphatic carbocycles. The fourth-order valence-corrected chi connectivity index (χ4v) is 4.72. The Hall–Kier alpha value is -2.50. The Balaban J connectivity index is 1.32. The summed E-state index contributed by atoms with van der Waals surface area (Å²) in [6.07, 6.45) is 2.27. The third-order valence-corrected chi connectivity index (χ3v) is 6.64. The summed E-state index contributed by atoms with van der Waals surface area (Å²) in [5, 5.41) is 6.31. The molecule has 0 radical (unpaired) electrons. The summed E-state index contributed by atoms with van der Waals surface area (Å²) in [6, 6.07) is 18.8. The molecule has 2 heterocycles. The van der Waals surface area contributed by atoms with Crippen molar-refractivity contribution in [2.75, 3.05) is 18.4 Å². The van der Waals surface area contributed by atoms with Crippen LogP contribution in [0.3, 0.4) is 0 Å². The fourth-order valence-electron chi connectivity index (χ4n) is 3.90. The van der Waals surface area contributed by atoms with Crippen LogP contribution < -0.4 is 5.32 Å². The van der Waals surface area contributed by atoms with Crippen molar-refractivity contribution >= 4 is 22.9 Å². The highest BCUT2D eigenvalue weighted by atomic mass is 32.1. The second-order valence-corrected chi connectivity index (χ2v) is 9.19. The molecular formula is C25H29N3OS. The maximum absolute atomic E-state index is 12.0. The predicted molar refractivity (Wildman–Crippen MR) is 125 cm³/mol. The van der Waals surface area contributed by atoms with Gasteiger partial charge in [-0.15, -0.1) is 11.3 Å². The van der Waals surface area contributed by atoms with E-state index in [1.165, 1.54) is 11.1 Å². The van der Waals surface area contributed by atoms with E-state index in [0.29, 0.717) is 5.92 Å². The van der Waals surface area contributed by atoms with Gasteiger partial charge in [0, 0.05) is 29.1 Å². The van der Waals surface area contributed by atoms with Crippen LogP contribution in [0.2, 0.25) is 0 Å². The zero-order valence-corrected chi connectivity index (χ0v) is 18.5. The van der Waals surface area contributed by atoms with E-state index < -0.39 is 0 Å². The van der Waals surface area contributed by atoms with Gasteiger partial charge in [-0.3, -0.25) is 9.69 Å². The Bertz CT molecular complexity index is 975. The lowest BCUT2D eigenvalue weighted by atomic mass is 9.89. The van der Waals surface area contributed by atoms with Crippen molar-refractivity contribution in [2.24, 2.45) is 5.92 Å². The van der Waals surface area contributed by atoms with Crippen molar-refractivity contribution in [3.63, 3.8) is 0 Å². The number of hydrogen-bond donors (Lipinski definition) is 1. The average Bonchev–Trinajstić information content (AvgIpc) is 3.23. The van der Waals surface area contributed by atoms with Crippen LogP contribution in [-0.4, -0.2) is 28.9 Å². The standard InChI is InChI=1S/C25H29N3OS/c1-18(2)24(29)26-22-10-6-9-21(15-22)19-11-13-28(14-12-19)16-23-17-30-25(27-23)20-7-4-3-5-8-20/h3-10,15,17-19H,11-14,16H2,1-2H3,(H,26,29). The number of nitrogens with one attached hydrogen (secondary N) is 1. The molecule has 1 N–H and O–H groups in total. The molecule has 4 nitrogen and oxygen atoms in total. The molecule has 0 unspecified atom stereocenters. The molecule has 1 amide bonds. The van der Waals surface area contributed by atoms with Gasteiger partial charge in [0.1, 0.15) is 5.01 Å². The molecule has 4 rings (SSSR count). The second kappa shape index (κ2) is 9.54. The minimum absolute atomic E-state index is 0.00924. The monoisotopic (exact) mass is 419 g/mol. The van der Waals surface area contributed by atoms with Gasteiger partial charge in [0.25, 0.3) is 0 Å². The fraction of sp³-hybridized carbons (Fsp3) is 0.360. The van der Waals surface area contributed by atoms with Crippen molar-refractivity contribution in [3.8, 4) is 10.6 Å². The van der Waals surface area contributed by atoms with Crippen molar-refractivity contribution in [1.29, 1.82) is 0 Å². The lowest BCUT2D eigenvalue weighted by molar-refractivity contribution is -0.118. The summed E-state index contributed by atoms with van der Waals surface area (Å²) in [5.74, 6) is 0.609. The van der Waals surface area contributed by atoms with E-state index in [-0.39, 0.29) is 11.8 Å². The third-order valence-electron chi connectivity index (χ3n) is 5.70. The first kappa shape index (κ1) is 20.8. The molecule has 1 aromatic heterocycles. The largest absolute Gasteiger partial charge is 0.326 e. The molecule has 30 heavy (non-hydrogen) atoms. The summed E-state index contributed by atoms with van der Waals surface area (Å²) in [6.45, 7) is 6.90. The van der Waals surface area contributed by atoms with Gasteiger partial charge in [-0.25, -0.2) is 4.98 Å². The van der Waals surface area contributed by atoms with E-state index in [0.717, 1.165) is 48.9 Å².